The maximum Gasteiger partial charge on any atom is 0.163 e. The van der Waals surface area contributed by atoms with E-state index in [1.165, 1.54) is 6.07 Å². The van der Waals surface area contributed by atoms with Crippen LogP contribution in [0.5, 0.6) is 11.5 Å². The summed E-state index contributed by atoms with van der Waals surface area (Å²) < 4.78 is 25.2. The average Bonchev–Trinajstić information content (AvgIpc) is 2.47. The van der Waals surface area contributed by atoms with Crippen molar-refractivity contribution in [2.24, 2.45) is 0 Å². The van der Waals surface area contributed by atoms with E-state index >= 15 is 0 Å². The van der Waals surface area contributed by atoms with Crippen molar-refractivity contribution >= 4 is 11.6 Å². The minimum atomic E-state index is -0.209. The van der Waals surface area contributed by atoms with E-state index in [4.69, 9.17) is 21.1 Å². The Kier molecular flexibility index (Phi) is 4.80. The predicted octanol–water partition coefficient (Wildman–Crippen LogP) is 3.45. The van der Waals surface area contributed by atoms with Crippen LogP contribution >= 0.6 is 11.6 Å². The second-order valence-corrected chi connectivity index (χ2v) is 5.62. The fourth-order valence-electron chi connectivity index (χ4n) is 2.19. The molecule has 0 amide bonds. The fourth-order valence-corrected chi connectivity index (χ4v) is 2.35. The van der Waals surface area contributed by atoms with E-state index < -0.39 is 0 Å². The zero-order valence-corrected chi connectivity index (χ0v) is 12.8. The molecule has 0 saturated carbocycles. The van der Waals surface area contributed by atoms with Crippen LogP contribution in [0.2, 0.25) is 5.02 Å². The first-order valence-corrected chi connectivity index (χ1v) is 7.63. The zero-order valence-electron chi connectivity index (χ0n) is 12.0. The van der Waals surface area contributed by atoms with Gasteiger partial charge in [0.1, 0.15) is 11.9 Å². The molecule has 116 valence electrons. The van der Waals surface area contributed by atoms with E-state index in [2.05, 4.69) is 5.32 Å². The van der Waals surface area contributed by atoms with Gasteiger partial charge in [-0.2, -0.15) is 0 Å². The molecule has 1 saturated heterocycles. The van der Waals surface area contributed by atoms with Gasteiger partial charge >= 0.3 is 0 Å². The summed E-state index contributed by atoms with van der Waals surface area (Å²) in [6.07, 6.45) is 0.645. The first kappa shape index (κ1) is 15.1. The highest BCUT2D eigenvalue weighted by molar-refractivity contribution is 6.30. The van der Waals surface area contributed by atoms with Gasteiger partial charge in [0, 0.05) is 30.6 Å². The lowest BCUT2D eigenvalue weighted by Crippen LogP contribution is -2.50. The van der Waals surface area contributed by atoms with Crippen LogP contribution in [0.1, 0.15) is 5.56 Å². The highest BCUT2D eigenvalue weighted by Crippen LogP contribution is 2.31. The van der Waals surface area contributed by atoms with Crippen LogP contribution < -0.4 is 14.8 Å². The molecule has 0 bridgehead atoms. The van der Waals surface area contributed by atoms with Crippen LogP contribution in [0.3, 0.4) is 0 Å². The Morgan fingerprint density at radius 1 is 1.14 bits per heavy atom. The molecule has 0 unspecified atom stereocenters. The van der Waals surface area contributed by atoms with Crippen molar-refractivity contribution in [1.29, 1.82) is 0 Å². The molecule has 1 fully saturated rings. The topological polar surface area (TPSA) is 30.5 Å². The molecule has 1 aliphatic rings. The summed E-state index contributed by atoms with van der Waals surface area (Å²) in [5.74, 6) is 1.05. The quantitative estimate of drug-likeness (QED) is 0.884. The van der Waals surface area contributed by atoms with E-state index in [9.17, 15) is 4.39 Å². The smallest absolute Gasteiger partial charge is 0.163 e. The van der Waals surface area contributed by atoms with Crippen molar-refractivity contribution in [3.05, 3.63) is 58.9 Å². The van der Waals surface area contributed by atoms with Crippen LogP contribution in [-0.4, -0.2) is 25.8 Å². The van der Waals surface area contributed by atoms with Gasteiger partial charge in [-0.3, -0.25) is 0 Å². The van der Waals surface area contributed by atoms with Crippen LogP contribution in [-0.2, 0) is 6.42 Å². The van der Waals surface area contributed by atoms with E-state index in [0.717, 1.165) is 13.1 Å². The second kappa shape index (κ2) is 6.99. The van der Waals surface area contributed by atoms with Crippen molar-refractivity contribution in [2.75, 3.05) is 19.7 Å². The molecule has 2 aromatic rings. The molecular weight excluding hydrogens is 305 g/mol. The van der Waals surface area contributed by atoms with Crippen molar-refractivity contribution in [1.82, 2.24) is 5.32 Å². The summed E-state index contributed by atoms with van der Waals surface area (Å²) in [7, 11) is 0. The summed E-state index contributed by atoms with van der Waals surface area (Å²) in [6.45, 7) is 2.02. The molecule has 0 aromatic heterocycles. The van der Waals surface area contributed by atoms with Crippen LogP contribution in [0.4, 0.5) is 4.39 Å². The molecule has 3 nitrogen and oxygen atoms in total. The van der Waals surface area contributed by atoms with Crippen molar-refractivity contribution < 1.29 is 13.9 Å². The number of nitrogens with one attached hydrogen (secondary N) is 1. The van der Waals surface area contributed by atoms with E-state index in [-0.39, 0.29) is 11.9 Å². The Labute approximate surface area is 134 Å². The third-order valence-corrected chi connectivity index (χ3v) is 3.77. The summed E-state index contributed by atoms with van der Waals surface area (Å²) in [4.78, 5) is 0. The van der Waals surface area contributed by atoms with Crippen molar-refractivity contribution in [2.45, 2.75) is 12.5 Å². The van der Waals surface area contributed by atoms with Crippen molar-refractivity contribution in [3.8, 4) is 11.5 Å². The lowest BCUT2D eigenvalue weighted by molar-refractivity contribution is 0.135. The maximum absolute atomic E-state index is 13.6. The summed E-state index contributed by atoms with van der Waals surface area (Å²) in [6, 6.07) is 12.0. The number of hydrogen-bond acceptors (Lipinski definition) is 3. The Balaban J connectivity index is 1.63. The standard InChI is InChI=1S/C17H17ClFNO2/c18-13-5-6-16(17(9-13)22-14-10-20-11-14)21-8-7-12-3-1-2-4-15(12)19/h1-6,9,14,20H,7-8,10-11H2. The minimum absolute atomic E-state index is 0.146. The highest BCUT2D eigenvalue weighted by atomic mass is 35.5. The van der Waals surface area contributed by atoms with Crippen LogP contribution in [0.15, 0.2) is 42.5 Å². The van der Waals surface area contributed by atoms with Crippen LogP contribution in [0.25, 0.3) is 0 Å². The Bertz CT molecular complexity index is 646. The first-order valence-electron chi connectivity index (χ1n) is 7.25. The largest absolute Gasteiger partial charge is 0.489 e. The lowest BCUT2D eigenvalue weighted by Gasteiger charge is -2.28. The molecular formula is C17H17ClFNO2. The third kappa shape index (κ3) is 3.70. The molecule has 1 heterocycles. The molecule has 2 aromatic carbocycles. The van der Waals surface area contributed by atoms with Crippen LogP contribution in [0, 0.1) is 5.82 Å². The molecule has 5 heteroatoms. The Hall–Kier alpha value is -1.78. The number of benzene rings is 2. The van der Waals surface area contributed by atoms with Crippen molar-refractivity contribution in [3.63, 3.8) is 0 Å². The average molecular weight is 322 g/mol. The predicted molar refractivity (Wildman–Crippen MR) is 84.3 cm³/mol. The summed E-state index contributed by atoms with van der Waals surface area (Å²) in [5, 5.41) is 3.75. The van der Waals surface area contributed by atoms with Gasteiger partial charge in [0.15, 0.2) is 11.5 Å². The van der Waals surface area contributed by atoms with E-state index in [1.807, 2.05) is 6.07 Å². The molecule has 22 heavy (non-hydrogen) atoms. The molecule has 1 aliphatic heterocycles. The molecule has 0 aliphatic carbocycles. The third-order valence-electron chi connectivity index (χ3n) is 3.53. The monoisotopic (exact) mass is 321 g/mol. The van der Waals surface area contributed by atoms with Gasteiger partial charge in [0.05, 0.1) is 6.61 Å². The van der Waals surface area contributed by atoms with E-state index in [1.54, 1.807) is 30.3 Å². The molecule has 3 rings (SSSR count). The zero-order chi connectivity index (χ0) is 15.4. The normalized spacial score (nSPS) is 14.5. The fraction of sp³-hybridized carbons (Fsp3) is 0.294. The molecule has 0 atom stereocenters. The minimum Gasteiger partial charge on any atom is -0.489 e. The van der Waals surface area contributed by atoms with Gasteiger partial charge in [0.25, 0.3) is 0 Å². The summed E-state index contributed by atoms with van der Waals surface area (Å²) >= 11 is 6.01. The Morgan fingerprint density at radius 2 is 1.95 bits per heavy atom. The Morgan fingerprint density at radius 3 is 2.68 bits per heavy atom. The molecule has 0 radical (unpaired) electrons. The number of ether oxygens (including phenoxy) is 2. The lowest BCUT2D eigenvalue weighted by atomic mass is 10.1. The van der Waals surface area contributed by atoms with Gasteiger partial charge < -0.3 is 14.8 Å². The van der Waals surface area contributed by atoms with Gasteiger partial charge in [-0.1, -0.05) is 29.8 Å². The SMILES string of the molecule is Fc1ccccc1CCOc1ccc(Cl)cc1OC1CNC1. The first-order chi connectivity index (χ1) is 10.7. The van der Waals surface area contributed by atoms with Gasteiger partial charge in [0.2, 0.25) is 0 Å². The molecule has 0 spiro atoms. The highest BCUT2D eigenvalue weighted by Gasteiger charge is 2.20. The second-order valence-electron chi connectivity index (χ2n) is 5.18. The summed E-state index contributed by atoms with van der Waals surface area (Å²) in [5.41, 5.74) is 0.641. The maximum atomic E-state index is 13.6. The number of hydrogen-bond donors (Lipinski definition) is 1. The number of rotatable bonds is 6. The number of halogens is 2. The van der Waals surface area contributed by atoms with E-state index in [0.29, 0.717) is 35.1 Å². The molecule has 1 N–H and O–H groups in total. The van der Waals surface area contributed by atoms with Gasteiger partial charge in [-0.05, 0) is 23.8 Å². The van der Waals surface area contributed by atoms with Gasteiger partial charge in [-0.15, -0.1) is 0 Å². The van der Waals surface area contributed by atoms with Gasteiger partial charge in [-0.25, -0.2) is 4.39 Å².